The zero-order valence-electron chi connectivity index (χ0n) is 4.23. The summed E-state index contributed by atoms with van der Waals surface area (Å²) in [7, 11) is 0. The zero-order valence-corrected chi connectivity index (χ0v) is 4.23. The summed E-state index contributed by atoms with van der Waals surface area (Å²) in [4.78, 5) is 0. The highest BCUT2D eigenvalue weighted by molar-refractivity contribution is 5.75. The van der Waals surface area contributed by atoms with Gasteiger partial charge in [0.2, 0.25) is 0 Å². The van der Waals surface area contributed by atoms with E-state index in [4.69, 9.17) is 16.9 Å². The van der Waals surface area contributed by atoms with Gasteiger partial charge in [-0.15, -0.1) is 0 Å². The standard InChI is InChI=1S/C4H9N3/c1-3(2-5)4(6)7/h2,5H,6-7H2,1H3. The normalized spacial score (nSPS) is 7.57. The van der Waals surface area contributed by atoms with Crippen LogP contribution in [0.3, 0.4) is 0 Å². The van der Waals surface area contributed by atoms with Gasteiger partial charge in [-0.25, -0.2) is 0 Å². The van der Waals surface area contributed by atoms with Gasteiger partial charge in [0.15, 0.2) is 0 Å². The van der Waals surface area contributed by atoms with Crippen LogP contribution < -0.4 is 11.5 Å². The van der Waals surface area contributed by atoms with E-state index in [1.807, 2.05) is 0 Å². The summed E-state index contributed by atoms with van der Waals surface area (Å²) in [6.45, 7) is 1.68. The molecule has 0 aliphatic heterocycles. The van der Waals surface area contributed by atoms with Gasteiger partial charge in [0, 0.05) is 11.8 Å². The number of hydrogen-bond donors (Lipinski definition) is 3. The summed E-state index contributed by atoms with van der Waals surface area (Å²) in [5, 5.41) is 6.60. The van der Waals surface area contributed by atoms with Crippen molar-refractivity contribution in [2.45, 2.75) is 6.92 Å². The maximum absolute atomic E-state index is 6.60. The maximum Gasteiger partial charge on any atom is 0.0979 e. The molecule has 0 aromatic rings. The Kier molecular flexibility index (Phi) is 1.91. The number of rotatable bonds is 1. The quantitative estimate of drug-likeness (QED) is 0.398. The van der Waals surface area contributed by atoms with Gasteiger partial charge in [-0.1, -0.05) is 0 Å². The number of nitrogens with two attached hydrogens (primary N) is 2. The largest absolute Gasteiger partial charge is 0.385 e. The van der Waals surface area contributed by atoms with Crippen LogP contribution in [0.4, 0.5) is 0 Å². The molecule has 0 unspecified atom stereocenters. The fraction of sp³-hybridized carbons (Fsp3) is 0.250. The second kappa shape index (κ2) is 2.23. The van der Waals surface area contributed by atoms with Crippen molar-refractivity contribution in [3.05, 3.63) is 11.4 Å². The lowest BCUT2D eigenvalue weighted by Crippen LogP contribution is -2.10. The van der Waals surface area contributed by atoms with Crippen molar-refractivity contribution in [3.8, 4) is 0 Å². The second-order valence-corrected chi connectivity index (χ2v) is 1.28. The van der Waals surface area contributed by atoms with Gasteiger partial charge in [-0.2, -0.15) is 0 Å². The molecule has 0 bridgehead atoms. The first-order valence-corrected chi connectivity index (χ1v) is 1.90. The van der Waals surface area contributed by atoms with Crippen molar-refractivity contribution in [1.29, 1.82) is 5.41 Å². The number of hydrogen-bond acceptors (Lipinski definition) is 3. The summed E-state index contributed by atoms with van der Waals surface area (Å²) in [5.41, 5.74) is 10.7. The molecule has 3 heteroatoms. The molecular weight excluding hydrogens is 90.1 g/mol. The van der Waals surface area contributed by atoms with Gasteiger partial charge < -0.3 is 16.9 Å². The first kappa shape index (κ1) is 6.01. The Balaban J connectivity index is 3.98. The van der Waals surface area contributed by atoms with Gasteiger partial charge in [0.05, 0.1) is 5.82 Å². The van der Waals surface area contributed by atoms with E-state index in [1.54, 1.807) is 6.92 Å². The molecule has 0 amide bonds. The smallest absolute Gasteiger partial charge is 0.0979 e. The van der Waals surface area contributed by atoms with Gasteiger partial charge in [-0.3, -0.25) is 0 Å². The summed E-state index contributed by atoms with van der Waals surface area (Å²) in [6, 6.07) is 0. The van der Waals surface area contributed by atoms with Gasteiger partial charge in [0.25, 0.3) is 0 Å². The molecule has 0 aliphatic rings. The SMILES string of the molecule is CC(C=N)=C(N)N. The minimum atomic E-state index is 0.218. The molecule has 0 fully saturated rings. The molecule has 0 aromatic heterocycles. The average Bonchev–Trinajstić information content (AvgIpc) is 1.65. The molecule has 0 heterocycles. The Morgan fingerprint density at radius 2 is 2.00 bits per heavy atom. The average molecular weight is 99.1 g/mol. The molecule has 3 nitrogen and oxygen atoms in total. The topological polar surface area (TPSA) is 75.9 Å². The minimum absolute atomic E-state index is 0.218. The van der Waals surface area contributed by atoms with Crippen molar-refractivity contribution in [3.63, 3.8) is 0 Å². The van der Waals surface area contributed by atoms with Gasteiger partial charge in [0.1, 0.15) is 0 Å². The molecule has 7 heavy (non-hydrogen) atoms. The molecule has 0 radical (unpaired) electrons. The van der Waals surface area contributed by atoms with Crippen molar-refractivity contribution in [1.82, 2.24) is 0 Å². The Bertz CT molecular complexity index is 99.5. The third kappa shape index (κ3) is 1.81. The summed E-state index contributed by atoms with van der Waals surface area (Å²) < 4.78 is 0. The number of nitrogens with one attached hydrogen (secondary N) is 1. The highest BCUT2D eigenvalue weighted by Crippen LogP contribution is 1.82. The number of allylic oxidation sites excluding steroid dienone is 1. The van der Waals surface area contributed by atoms with Crippen LogP contribution in [-0.4, -0.2) is 6.21 Å². The van der Waals surface area contributed by atoms with E-state index in [-0.39, 0.29) is 5.82 Å². The molecule has 40 valence electrons. The lowest BCUT2D eigenvalue weighted by atomic mass is 10.3. The fourth-order valence-corrected chi connectivity index (χ4v) is 0.0833. The van der Waals surface area contributed by atoms with Crippen molar-refractivity contribution >= 4 is 6.21 Å². The van der Waals surface area contributed by atoms with E-state index in [2.05, 4.69) is 0 Å². The Labute approximate surface area is 42.5 Å². The van der Waals surface area contributed by atoms with Crippen molar-refractivity contribution in [2.75, 3.05) is 0 Å². The molecule has 0 atom stereocenters. The molecule has 0 saturated carbocycles. The summed E-state index contributed by atoms with van der Waals surface area (Å²) in [5.74, 6) is 0.218. The molecule has 0 saturated heterocycles. The predicted molar refractivity (Wildman–Crippen MR) is 29.9 cm³/mol. The summed E-state index contributed by atoms with van der Waals surface area (Å²) >= 11 is 0. The second-order valence-electron chi connectivity index (χ2n) is 1.28. The molecule has 0 aromatic carbocycles. The van der Waals surface area contributed by atoms with Crippen molar-refractivity contribution in [2.24, 2.45) is 11.5 Å². The van der Waals surface area contributed by atoms with E-state index in [1.165, 1.54) is 0 Å². The van der Waals surface area contributed by atoms with Crippen LogP contribution in [-0.2, 0) is 0 Å². The fourth-order valence-electron chi connectivity index (χ4n) is 0.0833. The Morgan fingerprint density at radius 1 is 1.57 bits per heavy atom. The van der Waals surface area contributed by atoms with Crippen LogP contribution in [0, 0.1) is 5.41 Å². The third-order valence-corrected chi connectivity index (χ3v) is 0.672. The van der Waals surface area contributed by atoms with Crippen LogP contribution >= 0.6 is 0 Å². The molecule has 5 N–H and O–H groups in total. The lowest BCUT2D eigenvalue weighted by Gasteiger charge is -1.90. The summed E-state index contributed by atoms with van der Waals surface area (Å²) in [6.07, 6.45) is 1.12. The Morgan fingerprint density at radius 3 is 2.00 bits per heavy atom. The monoisotopic (exact) mass is 99.1 g/mol. The van der Waals surface area contributed by atoms with E-state index >= 15 is 0 Å². The molecule has 0 rings (SSSR count). The van der Waals surface area contributed by atoms with Crippen LogP contribution in [0.5, 0.6) is 0 Å². The first-order valence-electron chi connectivity index (χ1n) is 1.90. The first-order chi connectivity index (χ1) is 3.18. The lowest BCUT2D eigenvalue weighted by molar-refractivity contribution is 1.21. The van der Waals surface area contributed by atoms with Crippen molar-refractivity contribution < 1.29 is 0 Å². The van der Waals surface area contributed by atoms with Crippen LogP contribution in [0.25, 0.3) is 0 Å². The van der Waals surface area contributed by atoms with Gasteiger partial charge in [-0.05, 0) is 6.92 Å². The predicted octanol–water partition coefficient (Wildman–Crippen LogP) is -0.215. The van der Waals surface area contributed by atoms with E-state index in [0.717, 1.165) is 6.21 Å². The highest BCUT2D eigenvalue weighted by atomic mass is 14.8. The molecular formula is C4H9N3. The van der Waals surface area contributed by atoms with E-state index < -0.39 is 0 Å². The molecule has 0 aliphatic carbocycles. The maximum atomic E-state index is 6.60. The van der Waals surface area contributed by atoms with Crippen LogP contribution in [0.1, 0.15) is 6.92 Å². The van der Waals surface area contributed by atoms with E-state index in [0.29, 0.717) is 5.57 Å². The third-order valence-electron chi connectivity index (χ3n) is 0.672. The van der Waals surface area contributed by atoms with Crippen LogP contribution in [0.2, 0.25) is 0 Å². The zero-order chi connectivity index (χ0) is 5.86. The van der Waals surface area contributed by atoms with E-state index in [9.17, 15) is 0 Å². The van der Waals surface area contributed by atoms with Gasteiger partial charge >= 0.3 is 0 Å². The Hall–Kier alpha value is -0.990. The minimum Gasteiger partial charge on any atom is -0.385 e. The van der Waals surface area contributed by atoms with Crippen LogP contribution in [0.15, 0.2) is 11.4 Å². The molecule has 0 spiro atoms. The highest BCUT2D eigenvalue weighted by Gasteiger charge is 1.82.